The van der Waals surface area contributed by atoms with Crippen molar-refractivity contribution in [3.63, 3.8) is 0 Å². The van der Waals surface area contributed by atoms with E-state index in [9.17, 15) is 9.18 Å². The molecule has 0 radical (unpaired) electrons. The highest BCUT2D eigenvalue weighted by atomic mass is 32.1. The maximum absolute atomic E-state index is 13.2. The van der Waals surface area contributed by atoms with Gasteiger partial charge in [-0.3, -0.25) is 14.5 Å². The minimum atomic E-state index is -0.299. The molecular weight excluding hydrogens is 385 g/mol. The van der Waals surface area contributed by atoms with Gasteiger partial charge in [0, 0.05) is 18.3 Å². The first-order valence-electron chi connectivity index (χ1n) is 8.29. The van der Waals surface area contributed by atoms with Gasteiger partial charge in [-0.2, -0.15) is 5.10 Å². The largest absolute Gasteiger partial charge is 0.302 e. The molecule has 27 heavy (non-hydrogen) atoms. The molecule has 2 heterocycles. The van der Waals surface area contributed by atoms with Gasteiger partial charge in [-0.1, -0.05) is 18.2 Å². The molecule has 9 heteroatoms. The number of benzene rings is 1. The predicted octanol–water partition coefficient (Wildman–Crippen LogP) is 3.88. The number of anilines is 1. The van der Waals surface area contributed by atoms with Gasteiger partial charge < -0.3 is 5.32 Å². The quantitative estimate of drug-likeness (QED) is 0.442. The zero-order chi connectivity index (χ0) is 19.2. The number of halogens is 1. The Labute approximate surface area is 164 Å². The number of aromatic amines is 1. The number of nitrogens with one attached hydrogen (secondary N) is 2. The number of rotatable bonds is 8. The molecule has 0 fully saturated rings. The van der Waals surface area contributed by atoms with Crippen molar-refractivity contribution in [3.8, 4) is 0 Å². The van der Waals surface area contributed by atoms with E-state index in [-0.39, 0.29) is 18.1 Å². The van der Waals surface area contributed by atoms with E-state index in [1.165, 1.54) is 23.5 Å². The molecule has 0 aliphatic heterocycles. The van der Waals surface area contributed by atoms with Crippen LogP contribution in [0.2, 0.25) is 0 Å². The van der Waals surface area contributed by atoms with Gasteiger partial charge in [-0.05, 0) is 36.3 Å². The Balaban J connectivity index is 1.57. The summed E-state index contributed by atoms with van der Waals surface area (Å²) in [6.45, 7) is 4.28. The Morgan fingerprint density at radius 3 is 3.11 bits per heavy atom. The number of hydrogen-bond donors (Lipinski definition) is 2. The zero-order valence-corrected chi connectivity index (χ0v) is 16.1. The van der Waals surface area contributed by atoms with Crippen LogP contribution in [-0.2, 0) is 24.2 Å². The number of amides is 1. The summed E-state index contributed by atoms with van der Waals surface area (Å²) >= 11 is 6.54. The molecule has 0 spiro atoms. The van der Waals surface area contributed by atoms with Gasteiger partial charge in [0.05, 0.1) is 12.1 Å². The fourth-order valence-corrected chi connectivity index (χ4v) is 3.49. The lowest BCUT2D eigenvalue weighted by Gasteiger charge is -2.03. The van der Waals surface area contributed by atoms with Crippen LogP contribution in [0, 0.1) is 10.6 Å². The number of nitrogens with zero attached hydrogens (tertiary/aromatic N) is 3. The summed E-state index contributed by atoms with van der Waals surface area (Å²) < 4.78 is 15.5. The van der Waals surface area contributed by atoms with Crippen molar-refractivity contribution >= 4 is 34.6 Å². The van der Waals surface area contributed by atoms with Crippen LogP contribution in [0.15, 0.2) is 42.3 Å². The van der Waals surface area contributed by atoms with Crippen molar-refractivity contribution in [2.45, 2.75) is 25.8 Å². The predicted molar refractivity (Wildman–Crippen MR) is 106 cm³/mol. The van der Waals surface area contributed by atoms with Crippen LogP contribution in [0.1, 0.15) is 23.5 Å². The van der Waals surface area contributed by atoms with Crippen LogP contribution in [0.3, 0.4) is 0 Å². The molecule has 1 aromatic carbocycles. The number of hydrogen-bond acceptors (Lipinski definition) is 5. The number of thiazole rings is 1. The maximum Gasteiger partial charge on any atom is 0.226 e. The first-order chi connectivity index (χ1) is 13.0. The maximum atomic E-state index is 13.2. The summed E-state index contributed by atoms with van der Waals surface area (Å²) in [5.74, 6) is 0.301. The van der Waals surface area contributed by atoms with Crippen LogP contribution >= 0.6 is 23.6 Å². The second-order valence-electron chi connectivity index (χ2n) is 5.84. The highest BCUT2D eigenvalue weighted by Gasteiger charge is 2.11. The highest BCUT2D eigenvalue weighted by molar-refractivity contribution is 7.71. The summed E-state index contributed by atoms with van der Waals surface area (Å²) in [6, 6.07) is 6.25. The number of carbonyl (C=O) groups is 1. The van der Waals surface area contributed by atoms with Crippen molar-refractivity contribution < 1.29 is 9.18 Å². The van der Waals surface area contributed by atoms with Crippen molar-refractivity contribution in [2.75, 3.05) is 5.32 Å². The van der Waals surface area contributed by atoms with Crippen LogP contribution < -0.4 is 5.32 Å². The molecular formula is C18H18FN5OS2. The SMILES string of the molecule is C=CCn1c(Cc2csc(NC(=O)CCc3cccc(F)c3)n2)n[nH]c1=S. The second kappa shape index (κ2) is 8.83. The third kappa shape index (κ3) is 5.18. The average Bonchev–Trinajstić information content (AvgIpc) is 3.22. The van der Waals surface area contributed by atoms with E-state index in [0.717, 1.165) is 17.1 Å². The first-order valence-corrected chi connectivity index (χ1v) is 9.57. The average molecular weight is 404 g/mol. The van der Waals surface area contributed by atoms with E-state index in [1.807, 2.05) is 9.95 Å². The van der Waals surface area contributed by atoms with Gasteiger partial charge in [0.2, 0.25) is 5.91 Å². The topological polar surface area (TPSA) is 75.6 Å². The molecule has 1 amide bonds. The summed E-state index contributed by atoms with van der Waals surface area (Å²) in [5, 5.41) is 12.2. The van der Waals surface area contributed by atoms with Crippen LogP contribution in [0.25, 0.3) is 0 Å². The molecule has 0 atom stereocenters. The third-order valence-electron chi connectivity index (χ3n) is 3.82. The van der Waals surface area contributed by atoms with Crippen molar-refractivity contribution in [2.24, 2.45) is 0 Å². The van der Waals surface area contributed by atoms with E-state index >= 15 is 0 Å². The van der Waals surface area contributed by atoms with E-state index in [4.69, 9.17) is 12.2 Å². The Hall–Kier alpha value is -2.65. The molecule has 3 rings (SSSR count). The van der Waals surface area contributed by atoms with Crippen LogP contribution in [-0.4, -0.2) is 25.7 Å². The third-order valence-corrected chi connectivity index (χ3v) is 4.93. The minimum Gasteiger partial charge on any atom is -0.302 e. The molecule has 2 aromatic heterocycles. The van der Waals surface area contributed by atoms with Gasteiger partial charge in [-0.25, -0.2) is 9.37 Å². The Morgan fingerprint density at radius 2 is 2.33 bits per heavy atom. The van der Waals surface area contributed by atoms with Gasteiger partial charge in [0.15, 0.2) is 9.90 Å². The number of H-pyrrole nitrogens is 1. The monoisotopic (exact) mass is 403 g/mol. The number of aryl methyl sites for hydroxylation is 1. The lowest BCUT2D eigenvalue weighted by molar-refractivity contribution is -0.116. The van der Waals surface area contributed by atoms with Gasteiger partial charge in [0.1, 0.15) is 11.6 Å². The van der Waals surface area contributed by atoms with Crippen molar-refractivity contribution in [1.29, 1.82) is 0 Å². The molecule has 2 N–H and O–H groups in total. The summed E-state index contributed by atoms with van der Waals surface area (Å²) in [4.78, 5) is 16.5. The molecule has 0 saturated heterocycles. The molecule has 0 saturated carbocycles. The Kier molecular flexibility index (Phi) is 6.25. The van der Waals surface area contributed by atoms with E-state index in [2.05, 4.69) is 27.1 Å². The smallest absolute Gasteiger partial charge is 0.226 e. The van der Waals surface area contributed by atoms with Gasteiger partial charge >= 0.3 is 0 Å². The summed E-state index contributed by atoms with van der Waals surface area (Å²) in [7, 11) is 0. The second-order valence-corrected chi connectivity index (χ2v) is 7.09. The molecule has 3 aromatic rings. The van der Waals surface area contributed by atoms with Crippen molar-refractivity contribution in [3.05, 3.63) is 70.0 Å². The highest BCUT2D eigenvalue weighted by Crippen LogP contribution is 2.18. The van der Waals surface area contributed by atoms with E-state index < -0.39 is 0 Å². The van der Waals surface area contributed by atoms with E-state index in [0.29, 0.717) is 29.3 Å². The van der Waals surface area contributed by atoms with E-state index in [1.54, 1.807) is 18.2 Å². The molecule has 6 nitrogen and oxygen atoms in total. The fraction of sp³-hybridized carbons (Fsp3) is 0.222. The fourth-order valence-electron chi connectivity index (χ4n) is 2.54. The lowest BCUT2D eigenvalue weighted by Crippen LogP contribution is -2.12. The zero-order valence-electron chi connectivity index (χ0n) is 14.4. The van der Waals surface area contributed by atoms with Gasteiger partial charge in [0.25, 0.3) is 0 Å². The summed E-state index contributed by atoms with van der Waals surface area (Å²) in [6.07, 6.45) is 2.98. The Bertz CT molecular complexity index is 1010. The van der Waals surface area contributed by atoms with Crippen molar-refractivity contribution in [1.82, 2.24) is 19.7 Å². The standard InChI is InChI=1S/C18H18FN5OS2/c1-2-8-24-15(22-23-18(24)26)10-14-11-27-17(20-14)21-16(25)7-6-12-4-3-5-13(19)9-12/h2-5,9,11H,1,6-8,10H2,(H,23,26)(H,20,21,25). The van der Waals surface area contributed by atoms with Crippen LogP contribution in [0.4, 0.5) is 9.52 Å². The Morgan fingerprint density at radius 1 is 1.48 bits per heavy atom. The molecule has 0 aliphatic rings. The minimum absolute atomic E-state index is 0.158. The normalized spacial score (nSPS) is 10.7. The summed E-state index contributed by atoms with van der Waals surface area (Å²) in [5.41, 5.74) is 1.58. The van der Waals surface area contributed by atoms with Crippen LogP contribution in [0.5, 0.6) is 0 Å². The molecule has 140 valence electrons. The molecule has 0 bridgehead atoms. The lowest BCUT2D eigenvalue weighted by atomic mass is 10.1. The number of allylic oxidation sites excluding steroid dienone is 1. The molecule has 0 aliphatic carbocycles. The number of aromatic nitrogens is 4. The molecule has 0 unspecified atom stereocenters. The number of carbonyl (C=O) groups excluding carboxylic acids is 1. The van der Waals surface area contributed by atoms with Gasteiger partial charge in [-0.15, -0.1) is 17.9 Å². The first kappa shape index (κ1) is 19.1.